The summed E-state index contributed by atoms with van der Waals surface area (Å²) in [7, 11) is 0. The van der Waals surface area contributed by atoms with Gasteiger partial charge >= 0.3 is 11.9 Å². The van der Waals surface area contributed by atoms with Crippen molar-refractivity contribution in [1.29, 1.82) is 0 Å². The number of ether oxygens (including phenoxy) is 2. The highest BCUT2D eigenvalue weighted by Crippen LogP contribution is 2.33. The molecule has 13 heavy (non-hydrogen) atoms. The topological polar surface area (TPSA) is 52.6 Å². The summed E-state index contributed by atoms with van der Waals surface area (Å²) in [4.78, 5) is 21.9. The minimum absolute atomic E-state index is 0.00333. The van der Waals surface area contributed by atoms with E-state index in [0.29, 0.717) is 0 Å². The van der Waals surface area contributed by atoms with Gasteiger partial charge in [-0.3, -0.25) is 4.79 Å². The SMILES string of the molecule is CC(=O)O[C@H]1C(=O)OC2C=CCC21. The first kappa shape index (κ1) is 8.29. The first-order valence-corrected chi connectivity index (χ1v) is 4.23. The van der Waals surface area contributed by atoms with E-state index in [1.165, 1.54) is 6.92 Å². The zero-order chi connectivity index (χ0) is 9.42. The molecular weight excluding hydrogens is 172 g/mol. The molecule has 4 heteroatoms. The number of carbonyl (C=O) groups excluding carboxylic acids is 2. The van der Waals surface area contributed by atoms with E-state index in [0.717, 1.165) is 6.42 Å². The van der Waals surface area contributed by atoms with Gasteiger partial charge in [0, 0.05) is 6.92 Å². The van der Waals surface area contributed by atoms with Crippen molar-refractivity contribution in [1.82, 2.24) is 0 Å². The van der Waals surface area contributed by atoms with E-state index in [1.807, 2.05) is 12.2 Å². The number of fused-ring (bicyclic) bond motifs is 1. The summed E-state index contributed by atoms with van der Waals surface area (Å²) in [5, 5.41) is 0. The summed E-state index contributed by atoms with van der Waals surface area (Å²) in [6.45, 7) is 1.29. The average Bonchev–Trinajstić information content (AvgIpc) is 2.55. The molecule has 0 aromatic carbocycles. The summed E-state index contributed by atoms with van der Waals surface area (Å²) >= 11 is 0. The Morgan fingerprint density at radius 3 is 3.15 bits per heavy atom. The smallest absolute Gasteiger partial charge is 0.348 e. The monoisotopic (exact) mass is 182 g/mol. The number of esters is 2. The molecule has 0 aromatic rings. The molecule has 0 radical (unpaired) electrons. The van der Waals surface area contributed by atoms with Gasteiger partial charge < -0.3 is 9.47 Å². The Hall–Kier alpha value is -1.32. The highest BCUT2D eigenvalue weighted by atomic mass is 16.6. The fourth-order valence-electron chi connectivity index (χ4n) is 1.76. The first-order valence-electron chi connectivity index (χ1n) is 4.23. The van der Waals surface area contributed by atoms with Gasteiger partial charge in [-0.1, -0.05) is 6.08 Å². The third-order valence-electron chi connectivity index (χ3n) is 2.32. The van der Waals surface area contributed by atoms with Gasteiger partial charge in [-0.25, -0.2) is 4.79 Å². The molecule has 0 N–H and O–H groups in total. The molecule has 70 valence electrons. The second kappa shape index (κ2) is 2.87. The quantitative estimate of drug-likeness (QED) is 0.435. The molecular formula is C9H10O4. The largest absolute Gasteiger partial charge is 0.455 e. The predicted molar refractivity (Wildman–Crippen MR) is 42.7 cm³/mol. The second-order valence-corrected chi connectivity index (χ2v) is 3.26. The van der Waals surface area contributed by atoms with Gasteiger partial charge in [-0.2, -0.15) is 0 Å². The van der Waals surface area contributed by atoms with Crippen LogP contribution in [0.5, 0.6) is 0 Å². The van der Waals surface area contributed by atoms with Gasteiger partial charge in [0.2, 0.25) is 6.10 Å². The molecule has 2 unspecified atom stereocenters. The molecule has 1 aliphatic heterocycles. The van der Waals surface area contributed by atoms with Crippen molar-refractivity contribution >= 4 is 11.9 Å². The van der Waals surface area contributed by atoms with Crippen molar-refractivity contribution in [3.63, 3.8) is 0 Å². The molecule has 2 rings (SSSR count). The van der Waals surface area contributed by atoms with E-state index in [-0.39, 0.29) is 12.0 Å². The zero-order valence-electron chi connectivity index (χ0n) is 7.23. The third-order valence-corrected chi connectivity index (χ3v) is 2.32. The first-order chi connectivity index (χ1) is 6.18. The Balaban J connectivity index is 2.10. The molecule has 1 heterocycles. The fraction of sp³-hybridized carbons (Fsp3) is 0.556. The van der Waals surface area contributed by atoms with Crippen LogP contribution in [0.3, 0.4) is 0 Å². The highest BCUT2D eigenvalue weighted by molar-refractivity contribution is 5.81. The summed E-state index contributed by atoms with van der Waals surface area (Å²) < 4.78 is 9.88. The number of allylic oxidation sites excluding steroid dienone is 1. The summed E-state index contributed by atoms with van der Waals surface area (Å²) in [6.07, 6.45) is 3.65. The van der Waals surface area contributed by atoms with Gasteiger partial charge in [0.15, 0.2) is 0 Å². The molecule has 1 fully saturated rings. The normalized spacial score (nSPS) is 35.8. The molecule has 0 aromatic heterocycles. The van der Waals surface area contributed by atoms with E-state index in [4.69, 9.17) is 9.47 Å². The van der Waals surface area contributed by atoms with Crippen molar-refractivity contribution in [3.8, 4) is 0 Å². The lowest BCUT2D eigenvalue weighted by atomic mass is 10.0. The number of rotatable bonds is 1. The Kier molecular flexibility index (Phi) is 1.83. The van der Waals surface area contributed by atoms with Gasteiger partial charge in [-0.15, -0.1) is 0 Å². The molecule has 0 spiro atoms. The lowest BCUT2D eigenvalue weighted by Crippen LogP contribution is -2.28. The molecule has 3 atom stereocenters. The van der Waals surface area contributed by atoms with E-state index >= 15 is 0 Å². The standard InChI is InChI=1S/C9H10O4/c1-5(10)12-8-6-3-2-4-7(6)13-9(8)11/h2,4,6-8H,3H2,1H3/t6?,7?,8-/m1/s1. The van der Waals surface area contributed by atoms with E-state index in [2.05, 4.69) is 0 Å². The van der Waals surface area contributed by atoms with Gasteiger partial charge in [0.05, 0.1) is 5.92 Å². The Morgan fingerprint density at radius 2 is 2.46 bits per heavy atom. The molecule has 0 amide bonds. The molecule has 0 bridgehead atoms. The number of hydrogen-bond acceptors (Lipinski definition) is 4. The predicted octanol–water partition coefficient (Wildman–Crippen LogP) is 0.420. The maximum Gasteiger partial charge on any atom is 0.348 e. The minimum atomic E-state index is -0.697. The van der Waals surface area contributed by atoms with Gasteiger partial charge in [0.1, 0.15) is 6.10 Å². The third kappa shape index (κ3) is 1.32. The minimum Gasteiger partial charge on any atom is -0.455 e. The Morgan fingerprint density at radius 1 is 1.69 bits per heavy atom. The van der Waals surface area contributed by atoms with Crippen molar-refractivity contribution in [2.75, 3.05) is 0 Å². The molecule has 4 nitrogen and oxygen atoms in total. The van der Waals surface area contributed by atoms with Crippen LogP contribution in [0.4, 0.5) is 0 Å². The summed E-state index contributed by atoms with van der Waals surface area (Å²) in [5.41, 5.74) is 0. The van der Waals surface area contributed by atoms with E-state index in [1.54, 1.807) is 0 Å². The van der Waals surface area contributed by atoms with Crippen LogP contribution in [0.15, 0.2) is 12.2 Å². The van der Waals surface area contributed by atoms with Crippen molar-refractivity contribution < 1.29 is 19.1 Å². The van der Waals surface area contributed by atoms with Crippen LogP contribution in [0.1, 0.15) is 13.3 Å². The van der Waals surface area contributed by atoms with Crippen LogP contribution in [-0.4, -0.2) is 24.1 Å². The summed E-state index contributed by atoms with van der Waals surface area (Å²) in [5.74, 6) is -0.861. The molecule has 0 saturated carbocycles. The molecule has 2 aliphatic rings. The van der Waals surface area contributed by atoms with Crippen LogP contribution in [0.2, 0.25) is 0 Å². The van der Waals surface area contributed by atoms with Crippen LogP contribution >= 0.6 is 0 Å². The van der Waals surface area contributed by atoms with E-state index < -0.39 is 18.0 Å². The van der Waals surface area contributed by atoms with Gasteiger partial charge in [-0.05, 0) is 12.5 Å². The van der Waals surface area contributed by atoms with Gasteiger partial charge in [0.25, 0.3) is 0 Å². The molecule has 1 saturated heterocycles. The highest BCUT2D eigenvalue weighted by Gasteiger charge is 2.47. The lowest BCUT2D eigenvalue weighted by Gasteiger charge is -2.12. The maximum absolute atomic E-state index is 11.2. The van der Waals surface area contributed by atoms with Crippen LogP contribution < -0.4 is 0 Å². The second-order valence-electron chi connectivity index (χ2n) is 3.26. The average molecular weight is 182 g/mol. The lowest BCUT2D eigenvalue weighted by molar-refractivity contribution is -0.160. The Bertz CT molecular complexity index is 281. The Labute approximate surface area is 75.5 Å². The summed E-state index contributed by atoms with van der Waals surface area (Å²) in [6, 6.07) is 0. The maximum atomic E-state index is 11.2. The van der Waals surface area contributed by atoms with E-state index in [9.17, 15) is 9.59 Å². The number of hydrogen-bond donors (Lipinski definition) is 0. The zero-order valence-corrected chi connectivity index (χ0v) is 7.23. The van der Waals surface area contributed by atoms with Crippen LogP contribution in [0, 0.1) is 5.92 Å². The van der Waals surface area contributed by atoms with Crippen LogP contribution in [-0.2, 0) is 19.1 Å². The van der Waals surface area contributed by atoms with Crippen LogP contribution in [0.25, 0.3) is 0 Å². The van der Waals surface area contributed by atoms with Crippen molar-refractivity contribution in [2.24, 2.45) is 5.92 Å². The van der Waals surface area contributed by atoms with Crippen molar-refractivity contribution in [3.05, 3.63) is 12.2 Å². The number of carbonyl (C=O) groups is 2. The fourth-order valence-corrected chi connectivity index (χ4v) is 1.76. The van der Waals surface area contributed by atoms with Crippen molar-refractivity contribution in [2.45, 2.75) is 25.6 Å². The molecule has 1 aliphatic carbocycles.